The minimum absolute atomic E-state index is 0.420. The molecule has 2 aromatic heterocycles. The Hall–Kier alpha value is -1.93. The summed E-state index contributed by atoms with van der Waals surface area (Å²) in [6.07, 6.45) is 4.56. The molecule has 0 saturated carbocycles. The second-order valence-corrected chi connectivity index (χ2v) is 4.67. The molecular formula is C12H12N4S. The van der Waals surface area contributed by atoms with Gasteiger partial charge >= 0.3 is 0 Å². The third-order valence-corrected chi connectivity index (χ3v) is 3.41. The Bertz CT molecular complexity index is 541. The van der Waals surface area contributed by atoms with Gasteiger partial charge in [0, 0.05) is 23.0 Å². The molecule has 2 rings (SSSR count). The number of nitriles is 1. The fourth-order valence-corrected chi connectivity index (χ4v) is 2.17. The average Bonchev–Trinajstić information content (AvgIpc) is 2.84. The number of nitrogens with zero attached hydrogens (tertiary/aromatic N) is 3. The normalized spacial score (nSPS) is 9.88. The van der Waals surface area contributed by atoms with Gasteiger partial charge in [0.1, 0.15) is 16.8 Å². The molecule has 0 aliphatic heterocycles. The molecule has 0 atom stereocenters. The van der Waals surface area contributed by atoms with Crippen molar-refractivity contribution in [3.63, 3.8) is 0 Å². The molecule has 5 heteroatoms. The van der Waals surface area contributed by atoms with Crippen LogP contribution in [-0.2, 0) is 13.0 Å². The number of aromatic nitrogens is 2. The molecule has 0 aliphatic carbocycles. The Kier molecular flexibility index (Phi) is 3.68. The first kappa shape index (κ1) is 11.6. The van der Waals surface area contributed by atoms with E-state index in [1.54, 1.807) is 23.6 Å². The lowest BCUT2D eigenvalue weighted by Crippen LogP contribution is -1.99. The maximum Gasteiger partial charge on any atom is 0.142 e. The molecule has 0 fully saturated rings. The Morgan fingerprint density at radius 3 is 3.06 bits per heavy atom. The zero-order valence-electron chi connectivity index (χ0n) is 9.47. The molecule has 0 amide bonds. The fraction of sp³-hybridized carbons (Fsp3) is 0.250. The molecule has 0 spiro atoms. The van der Waals surface area contributed by atoms with Gasteiger partial charge in [-0.15, -0.1) is 11.3 Å². The Labute approximate surface area is 104 Å². The maximum absolute atomic E-state index is 8.73. The van der Waals surface area contributed by atoms with Gasteiger partial charge in [0.15, 0.2) is 0 Å². The first-order valence-corrected chi connectivity index (χ1v) is 6.17. The number of nitrogens with one attached hydrogen (secondary N) is 1. The molecule has 0 aliphatic rings. The molecule has 2 heterocycles. The van der Waals surface area contributed by atoms with Crippen molar-refractivity contribution in [2.75, 3.05) is 5.32 Å². The van der Waals surface area contributed by atoms with E-state index < -0.39 is 0 Å². The molecule has 0 unspecified atom stereocenters. The van der Waals surface area contributed by atoms with Crippen LogP contribution in [0.5, 0.6) is 0 Å². The van der Waals surface area contributed by atoms with Gasteiger partial charge in [0.25, 0.3) is 0 Å². The molecule has 17 heavy (non-hydrogen) atoms. The number of pyridine rings is 1. The van der Waals surface area contributed by atoms with Crippen molar-refractivity contribution in [1.29, 1.82) is 5.26 Å². The third kappa shape index (κ3) is 3.02. The summed E-state index contributed by atoms with van der Waals surface area (Å²) in [5.41, 5.74) is 1.31. The Balaban J connectivity index is 1.99. The van der Waals surface area contributed by atoms with Crippen LogP contribution in [-0.4, -0.2) is 9.97 Å². The van der Waals surface area contributed by atoms with Crippen molar-refractivity contribution in [2.24, 2.45) is 0 Å². The predicted octanol–water partition coefficient (Wildman–Crippen LogP) is 2.58. The Morgan fingerprint density at radius 1 is 1.47 bits per heavy atom. The summed E-state index contributed by atoms with van der Waals surface area (Å²) in [4.78, 5) is 9.52. The van der Waals surface area contributed by atoms with E-state index in [0.717, 1.165) is 17.1 Å². The van der Waals surface area contributed by atoms with E-state index in [1.165, 1.54) is 4.88 Å². The van der Waals surface area contributed by atoms with E-state index in [2.05, 4.69) is 22.2 Å². The molecule has 2 aromatic rings. The van der Waals surface area contributed by atoms with Gasteiger partial charge in [-0.2, -0.15) is 5.26 Å². The summed E-state index contributed by atoms with van der Waals surface area (Å²) in [6, 6.07) is 5.59. The average molecular weight is 244 g/mol. The lowest BCUT2D eigenvalue weighted by molar-refractivity contribution is 1.09. The first-order chi connectivity index (χ1) is 8.31. The van der Waals surface area contributed by atoms with Crippen molar-refractivity contribution >= 4 is 17.0 Å². The minimum Gasteiger partial charge on any atom is -0.378 e. The van der Waals surface area contributed by atoms with Gasteiger partial charge < -0.3 is 5.32 Å². The predicted molar refractivity (Wildman–Crippen MR) is 67.8 cm³/mol. The quantitative estimate of drug-likeness (QED) is 0.898. The lowest BCUT2D eigenvalue weighted by Gasteiger charge is -2.03. The summed E-state index contributed by atoms with van der Waals surface area (Å²) in [5.74, 6) is 0. The number of rotatable bonds is 4. The second-order valence-electron chi connectivity index (χ2n) is 3.47. The van der Waals surface area contributed by atoms with Crippen molar-refractivity contribution < 1.29 is 0 Å². The van der Waals surface area contributed by atoms with E-state index >= 15 is 0 Å². The highest BCUT2D eigenvalue weighted by Crippen LogP contribution is 2.15. The molecule has 0 saturated heterocycles. The van der Waals surface area contributed by atoms with Crippen molar-refractivity contribution in [1.82, 2.24) is 9.97 Å². The van der Waals surface area contributed by atoms with Crippen molar-refractivity contribution in [2.45, 2.75) is 19.9 Å². The summed E-state index contributed by atoms with van der Waals surface area (Å²) in [6.45, 7) is 2.80. The van der Waals surface area contributed by atoms with Gasteiger partial charge in [-0.1, -0.05) is 6.92 Å². The van der Waals surface area contributed by atoms with E-state index in [0.29, 0.717) is 12.2 Å². The molecule has 0 radical (unpaired) electrons. The highest BCUT2D eigenvalue weighted by Gasteiger charge is 2.01. The van der Waals surface area contributed by atoms with Crippen LogP contribution in [0.2, 0.25) is 0 Å². The van der Waals surface area contributed by atoms with Crippen LogP contribution in [0.3, 0.4) is 0 Å². The van der Waals surface area contributed by atoms with Crippen LogP contribution in [0.25, 0.3) is 0 Å². The van der Waals surface area contributed by atoms with Gasteiger partial charge in [-0.3, -0.25) is 0 Å². The fourth-order valence-electron chi connectivity index (χ4n) is 1.37. The smallest absolute Gasteiger partial charge is 0.142 e. The van der Waals surface area contributed by atoms with Crippen LogP contribution in [0.1, 0.15) is 22.5 Å². The van der Waals surface area contributed by atoms with Crippen molar-refractivity contribution in [3.8, 4) is 6.07 Å². The summed E-state index contributed by atoms with van der Waals surface area (Å²) >= 11 is 1.71. The van der Waals surface area contributed by atoms with Gasteiger partial charge in [0.2, 0.25) is 0 Å². The highest BCUT2D eigenvalue weighted by molar-refractivity contribution is 7.11. The van der Waals surface area contributed by atoms with Crippen LogP contribution in [0.4, 0.5) is 5.69 Å². The first-order valence-electron chi connectivity index (χ1n) is 5.35. The summed E-state index contributed by atoms with van der Waals surface area (Å²) in [7, 11) is 0. The molecule has 86 valence electrons. The second kappa shape index (κ2) is 5.41. The number of thiazole rings is 1. The molecule has 0 aromatic carbocycles. The monoisotopic (exact) mass is 244 g/mol. The zero-order valence-corrected chi connectivity index (χ0v) is 10.3. The largest absolute Gasteiger partial charge is 0.378 e. The molecular weight excluding hydrogens is 232 g/mol. The zero-order chi connectivity index (χ0) is 12.1. The standard InChI is InChI=1S/C12H12N4S/c1-2-11-7-16-12(17-11)8-15-9-3-4-14-10(5-9)6-13/h3-5,7H,2,8H2,1H3,(H,14,15). The van der Waals surface area contributed by atoms with Crippen LogP contribution in [0.15, 0.2) is 24.5 Å². The molecule has 0 bridgehead atoms. The third-order valence-electron chi connectivity index (χ3n) is 2.27. The number of aryl methyl sites for hydroxylation is 1. The van der Waals surface area contributed by atoms with Gasteiger partial charge in [-0.05, 0) is 18.6 Å². The summed E-state index contributed by atoms with van der Waals surface area (Å²) < 4.78 is 0. The van der Waals surface area contributed by atoms with E-state index in [-0.39, 0.29) is 0 Å². The van der Waals surface area contributed by atoms with E-state index in [9.17, 15) is 0 Å². The van der Waals surface area contributed by atoms with E-state index in [4.69, 9.17) is 5.26 Å². The van der Waals surface area contributed by atoms with Crippen LogP contribution in [0, 0.1) is 11.3 Å². The number of hydrogen-bond donors (Lipinski definition) is 1. The van der Waals surface area contributed by atoms with Crippen molar-refractivity contribution in [3.05, 3.63) is 40.1 Å². The van der Waals surface area contributed by atoms with Crippen LogP contribution >= 0.6 is 11.3 Å². The van der Waals surface area contributed by atoms with Gasteiger partial charge in [0.05, 0.1) is 6.54 Å². The number of anilines is 1. The van der Waals surface area contributed by atoms with E-state index in [1.807, 2.05) is 18.3 Å². The summed E-state index contributed by atoms with van der Waals surface area (Å²) in [5, 5.41) is 13.0. The lowest BCUT2D eigenvalue weighted by atomic mass is 10.3. The maximum atomic E-state index is 8.73. The topological polar surface area (TPSA) is 61.6 Å². The highest BCUT2D eigenvalue weighted by atomic mass is 32.1. The molecule has 4 nitrogen and oxygen atoms in total. The number of hydrogen-bond acceptors (Lipinski definition) is 5. The SMILES string of the molecule is CCc1cnc(CNc2ccnc(C#N)c2)s1. The Morgan fingerprint density at radius 2 is 2.35 bits per heavy atom. The van der Waals surface area contributed by atoms with Gasteiger partial charge in [-0.25, -0.2) is 9.97 Å². The minimum atomic E-state index is 0.420. The molecule has 1 N–H and O–H groups in total. The van der Waals surface area contributed by atoms with Crippen LogP contribution < -0.4 is 5.32 Å².